The Morgan fingerprint density at radius 2 is 2.04 bits per heavy atom. The average Bonchev–Trinajstić information content (AvgIpc) is 3.02. The van der Waals surface area contributed by atoms with Gasteiger partial charge in [0.1, 0.15) is 12.3 Å². The van der Waals surface area contributed by atoms with Crippen LogP contribution in [0.2, 0.25) is 0 Å². The monoisotopic (exact) mass is 532 g/mol. The average molecular weight is 533 g/mol. The summed E-state index contributed by atoms with van der Waals surface area (Å²) in [5, 5.41) is 2.16. The predicted octanol–water partition coefficient (Wildman–Crippen LogP) is 4.32. The van der Waals surface area contributed by atoms with E-state index in [1.54, 1.807) is 30.3 Å². The summed E-state index contributed by atoms with van der Waals surface area (Å²) in [7, 11) is 0. The Morgan fingerprint density at radius 1 is 1.32 bits per heavy atom. The van der Waals surface area contributed by atoms with Gasteiger partial charge in [0.15, 0.2) is 3.77 Å². The first-order valence-electron chi connectivity index (χ1n) is 6.99. The quantitative estimate of drug-likeness (QED) is 0.468. The Balaban J connectivity index is 1.70. The first-order valence-corrected chi connectivity index (χ1v) is 9.68. The van der Waals surface area contributed by atoms with Gasteiger partial charge in [-0.05, 0) is 45.9 Å². The number of para-hydroxylation sites is 1. The molecule has 0 unspecified atom stereocenters. The van der Waals surface area contributed by atoms with Crippen molar-refractivity contribution in [2.75, 3.05) is 11.9 Å². The fourth-order valence-electron chi connectivity index (χ4n) is 2.07. The van der Waals surface area contributed by atoms with E-state index in [9.17, 15) is 14.4 Å². The summed E-state index contributed by atoms with van der Waals surface area (Å²) in [6, 6.07) is 10.5. The van der Waals surface area contributed by atoms with Crippen molar-refractivity contribution in [3.8, 4) is 0 Å². The zero-order valence-corrected chi connectivity index (χ0v) is 17.1. The van der Waals surface area contributed by atoms with E-state index in [0.717, 1.165) is 21.1 Å². The van der Waals surface area contributed by atoms with E-state index >= 15 is 0 Å². The van der Waals surface area contributed by atoms with Gasteiger partial charge in [0.05, 0.1) is 9.38 Å². The van der Waals surface area contributed by atoms with Crippen molar-refractivity contribution in [1.29, 1.82) is 0 Å². The van der Waals surface area contributed by atoms with Crippen LogP contribution in [0.3, 0.4) is 0 Å². The summed E-state index contributed by atoms with van der Waals surface area (Å²) in [5.41, 5.74) is 0.602. The standard InChI is InChI=1S/C16H10BrIN2O4S/c17-11-6-10(24-14(11)18)7-12-15(22)20(16(23)25-12)8-13(21)19-9-4-2-1-3-5-9/h1-7H,8H2,(H,19,21)/b12-7-. The second-order valence-electron chi connectivity index (χ2n) is 4.95. The molecule has 0 aliphatic carbocycles. The first kappa shape index (κ1) is 18.2. The number of nitrogens with zero attached hydrogens (tertiary/aromatic N) is 1. The maximum atomic E-state index is 12.4. The number of hydrogen-bond donors (Lipinski definition) is 1. The molecule has 25 heavy (non-hydrogen) atoms. The van der Waals surface area contributed by atoms with Crippen molar-refractivity contribution in [2.45, 2.75) is 0 Å². The minimum atomic E-state index is -0.513. The predicted molar refractivity (Wildman–Crippen MR) is 107 cm³/mol. The molecule has 2 heterocycles. The van der Waals surface area contributed by atoms with Crippen molar-refractivity contribution < 1.29 is 18.8 Å². The third-order valence-corrected chi connectivity index (χ3v) is 6.21. The van der Waals surface area contributed by atoms with Crippen molar-refractivity contribution in [1.82, 2.24) is 4.90 Å². The van der Waals surface area contributed by atoms with Crippen LogP contribution >= 0.6 is 50.3 Å². The summed E-state index contributed by atoms with van der Waals surface area (Å²) >= 11 is 6.10. The molecule has 3 rings (SSSR count). The maximum Gasteiger partial charge on any atom is 0.294 e. The van der Waals surface area contributed by atoms with Gasteiger partial charge in [-0.25, -0.2) is 0 Å². The number of carbonyl (C=O) groups is 3. The van der Waals surface area contributed by atoms with E-state index in [1.165, 1.54) is 6.08 Å². The van der Waals surface area contributed by atoms with Crippen LogP contribution in [-0.4, -0.2) is 28.5 Å². The van der Waals surface area contributed by atoms with Crippen LogP contribution in [0.1, 0.15) is 5.76 Å². The summed E-state index contributed by atoms with van der Waals surface area (Å²) < 4.78 is 6.85. The lowest BCUT2D eigenvalue weighted by Crippen LogP contribution is -2.36. The van der Waals surface area contributed by atoms with E-state index in [0.29, 0.717) is 15.2 Å². The summed E-state index contributed by atoms with van der Waals surface area (Å²) in [5.74, 6) is -0.499. The van der Waals surface area contributed by atoms with E-state index in [1.807, 2.05) is 28.7 Å². The molecule has 0 bridgehead atoms. The zero-order chi connectivity index (χ0) is 18.0. The molecule has 1 aromatic carbocycles. The number of furan rings is 1. The lowest BCUT2D eigenvalue weighted by molar-refractivity contribution is -0.127. The van der Waals surface area contributed by atoms with Gasteiger partial charge in [0, 0.05) is 34.4 Å². The van der Waals surface area contributed by atoms with Gasteiger partial charge >= 0.3 is 0 Å². The largest absolute Gasteiger partial charge is 0.450 e. The van der Waals surface area contributed by atoms with Gasteiger partial charge in [0.2, 0.25) is 5.91 Å². The summed E-state index contributed by atoms with van der Waals surface area (Å²) in [6.45, 7) is -0.337. The molecule has 1 aliphatic rings. The molecule has 9 heteroatoms. The number of carbonyl (C=O) groups excluding carboxylic acids is 3. The molecule has 1 aromatic heterocycles. The number of amides is 3. The highest BCUT2D eigenvalue weighted by molar-refractivity contribution is 14.1. The Morgan fingerprint density at radius 3 is 2.68 bits per heavy atom. The molecule has 6 nitrogen and oxygen atoms in total. The Bertz CT molecular complexity index is 862. The Kier molecular flexibility index (Phi) is 5.64. The van der Waals surface area contributed by atoms with Crippen molar-refractivity contribution in [2.24, 2.45) is 0 Å². The van der Waals surface area contributed by atoms with E-state index in [4.69, 9.17) is 4.42 Å². The smallest absolute Gasteiger partial charge is 0.294 e. The van der Waals surface area contributed by atoms with Gasteiger partial charge in [-0.1, -0.05) is 18.2 Å². The maximum absolute atomic E-state index is 12.4. The number of imide groups is 1. The minimum Gasteiger partial charge on any atom is -0.450 e. The molecule has 1 fully saturated rings. The van der Waals surface area contributed by atoms with Crippen LogP contribution in [-0.2, 0) is 9.59 Å². The van der Waals surface area contributed by atoms with Crippen LogP contribution in [0.5, 0.6) is 0 Å². The second kappa shape index (κ2) is 7.75. The Hall–Kier alpha value is -1.59. The highest BCUT2D eigenvalue weighted by Crippen LogP contribution is 2.33. The number of rotatable bonds is 4. The van der Waals surface area contributed by atoms with Gasteiger partial charge < -0.3 is 9.73 Å². The molecule has 0 radical (unpaired) electrons. The molecule has 1 aliphatic heterocycles. The van der Waals surface area contributed by atoms with Gasteiger partial charge in [-0.3, -0.25) is 19.3 Å². The van der Waals surface area contributed by atoms with Gasteiger partial charge in [-0.15, -0.1) is 0 Å². The number of anilines is 1. The van der Waals surface area contributed by atoms with Crippen molar-refractivity contribution in [3.63, 3.8) is 0 Å². The molecule has 0 atom stereocenters. The van der Waals surface area contributed by atoms with E-state index in [-0.39, 0.29) is 11.4 Å². The number of thioether (sulfide) groups is 1. The Labute approximate surface area is 169 Å². The summed E-state index contributed by atoms with van der Waals surface area (Å²) in [6.07, 6.45) is 1.49. The van der Waals surface area contributed by atoms with Crippen LogP contribution in [0, 0.1) is 3.77 Å². The van der Waals surface area contributed by atoms with Gasteiger partial charge in [-0.2, -0.15) is 0 Å². The molecule has 1 N–H and O–H groups in total. The number of nitrogens with one attached hydrogen (secondary N) is 1. The highest BCUT2D eigenvalue weighted by atomic mass is 127. The van der Waals surface area contributed by atoms with Crippen LogP contribution < -0.4 is 5.32 Å². The second-order valence-corrected chi connectivity index (χ2v) is 7.78. The number of hydrogen-bond acceptors (Lipinski definition) is 5. The van der Waals surface area contributed by atoms with Crippen molar-refractivity contribution >= 4 is 79.1 Å². The zero-order valence-electron chi connectivity index (χ0n) is 12.5. The van der Waals surface area contributed by atoms with Crippen molar-refractivity contribution in [3.05, 3.63) is 55.3 Å². The molecular formula is C16H10BrIN2O4S. The molecule has 0 spiro atoms. The van der Waals surface area contributed by atoms with Gasteiger partial charge in [0.25, 0.3) is 11.1 Å². The first-order chi connectivity index (χ1) is 11.9. The third-order valence-electron chi connectivity index (χ3n) is 3.17. The number of benzene rings is 1. The molecular weight excluding hydrogens is 523 g/mol. The lowest BCUT2D eigenvalue weighted by atomic mass is 10.3. The topological polar surface area (TPSA) is 79.6 Å². The fraction of sp³-hybridized carbons (Fsp3) is 0.0625. The normalized spacial score (nSPS) is 15.9. The van der Waals surface area contributed by atoms with E-state index < -0.39 is 17.1 Å². The van der Waals surface area contributed by atoms with Crippen LogP contribution in [0.15, 0.2) is 50.2 Å². The highest BCUT2D eigenvalue weighted by Gasteiger charge is 2.36. The lowest BCUT2D eigenvalue weighted by Gasteiger charge is -2.12. The molecule has 128 valence electrons. The van der Waals surface area contributed by atoms with Crippen LogP contribution in [0.25, 0.3) is 6.08 Å². The third kappa shape index (κ3) is 4.33. The summed E-state index contributed by atoms with van der Waals surface area (Å²) in [4.78, 5) is 37.6. The molecule has 2 aromatic rings. The molecule has 1 saturated heterocycles. The van der Waals surface area contributed by atoms with Crippen LogP contribution in [0.4, 0.5) is 10.5 Å². The minimum absolute atomic E-state index is 0.218. The fourth-order valence-corrected chi connectivity index (χ4v) is 3.60. The molecule has 0 saturated carbocycles. The molecule has 3 amide bonds. The van der Waals surface area contributed by atoms with E-state index in [2.05, 4.69) is 21.2 Å². The SMILES string of the molecule is O=C(CN1C(=O)S/C(=C\c2cc(Br)c(I)o2)C1=O)Nc1ccccc1. The number of halogens is 2.